The van der Waals surface area contributed by atoms with E-state index in [-0.39, 0.29) is 11.1 Å². The van der Waals surface area contributed by atoms with Gasteiger partial charge in [0, 0.05) is 52.5 Å². The van der Waals surface area contributed by atoms with E-state index in [1.54, 1.807) is 23.6 Å². The molecule has 0 spiro atoms. The van der Waals surface area contributed by atoms with Gasteiger partial charge in [0.2, 0.25) is 0 Å². The van der Waals surface area contributed by atoms with Crippen molar-refractivity contribution in [2.75, 3.05) is 24.6 Å². The predicted molar refractivity (Wildman–Crippen MR) is 145 cm³/mol. The Hall–Kier alpha value is -3.74. The number of aromatic nitrogens is 3. The number of anilines is 1. The molecule has 1 N–H and O–H groups in total. The fourth-order valence-electron chi connectivity index (χ4n) is 5.43. The Morgan fingerprint density at radius 3 is 2.89 bits per heavy atom. The lowest BCUT2D eigenvalue weighted by molar-refractivity contribution is 0.300. The second kappa shape index (κ2) is 8.98. The summed E-state index contributed by atoms with van der Waals surface area (Å²) in [5.41, 5.74) is 5.25. The van der Waals surface area contributed by atoms with Crippen molar-refractivity contribution in [3.05, 3.63) is 69.1 Å². The van der Waals surface area contributed by atoms with Gasteiger partial charge in [-0.25, -0.2) is 4.68 Å². The highest BCUT2D eigenvalue weighted by Crippen LogP contribution is 2.46. The van der Waals surface area contributed by atoms with E-state index in [0.717, 1.165) is 62.7 Å². The molecule has 2 aliphatic heterocycles. The first kappa shape index (κ1) is 23.6. The summed E-state index contributed by atoms with van der Waals surface area (Å²) in [7, 11) is 0. The third-order valence-electron chi connectivity index (χ3n) is 7.15. The van der Waals surface area contributed by atoms with Crippen LogP contribution in [0.4, 0.5) is 5.69 Å². The van der Waals surface area contributed by atoms with Crippen molar-refractivity contribution >= 4 is 27.2 Å². The zero-order valence-electron chi connectivity index (χ0n) is 21.1. The molecular formula is C28H28N6O2S. The summed E-state index contributed by atoms with van der Waals surface area (Å²) in [5, 5.41) is 17.7. The summed E-state index contributed by atoms with van der Waals surface area (Å²) in [6, 6.07) is 12.1. The van der Waals surface area contributed by atoms with Gasteiger partial charge in [-0.1, -0.05) is 0 Å². The lowest BCUT2D eigenvalue weighted by atomic mass is 9.96. The fourth-order valence-corrected chi connectivity index (χ4v) is 6.55. The molecule has 0 saturated carbocycles. The standard InChI is InChI=1S/C28H28N6O2S/c1-17-8-25(35)34(32-14-17)16-20-11-23-27(37-20)21(4-5-30-23)22-9-18(13-29)10-24-26(22)33(6-7-36-24)19-12-28(2,3)31-15-19/h4-5,8-11,14,19,31H,6-7,12,15-16H2,1-3H3. The Balaban J connectivity index is 1.48. The minimum atomic E-state index is -0.123. The predicted octanol–water partition coefficient (Wildman–Crippen LogP) is 4.09. The molecular weight excluding hydrogens is 484 g/mol. The van der Waals surface area contributed by atoms with Gasteiger partial charge in [0.15, 0.2) is 0 Å². The smallest absolute Gasteiger partial charge is 0.267 e. The number of fused-ring (bicyclic) bond motifs is 2. The van der Waals surface area contributed by atoms with Crippen LogP contribution < -0.4 is 20.5 Å². The number of aryl methyl sites for hydroxylation is 1. The third kappa shape index (κ3) is 4.37. The molecule has 9 heteroatoms. The summed E-state index contributed by atoms with van der Waals surface area (Å²) >= 11 is 1.61. The molecule has 1 fully saturated rings. The van der Waals surface area contributed by atoms with E-state index in [0.29, 0.717) is 24.8 Å². The average molecular weight is 513 g/mol. The molecule has 37 heavy (non-hydrogen) atoms. The van der Waals surface area contributed by atoms with Crippen LogP contribution in [0.5, 0.6) is 5.75 Å². The first-order valence-corrected chi connectivity index (χ1v) is 13.3. The van der Waals surface area contributed by atoms with Crippen LogP contribution in [0.1, 0.15) is 36.3 Å². The Kier molecular flexibility index (Phi) is 5.74. The lowest BCUT2D eigenvalue weighted by Gasteiger charge is -2.37. The van der Waals surface area contributed by atoms with Gasteiger partial charge in [0.1, 0.15) is 12.4 Å². The molecule has 5 heterocycles. The van der Waals surface area contributed by atoms with Crippen LogP contribution in [-0.4, -0.2) is 46.0 Å². The number of hydrogen-bond donors (Lipinski definition) is 1. The van der Waals surface area contributed by atoms with Crippen LogP contribution in [0, 0.1) is 18.3 Å². The zero-order valence-corrected chi connectivity index (χ0v) is 21.9. The van der Waals surface area contributed by atoms with Gasteiger partial charge in [-0.15, -0.1) is 11.3 Å². The molecule has 3 aromatic heterocycles. The Morgan fingerprint density at radius 2 is 2.14 bits per heavy atom. The van der Waals surface area contributed by atoms with Crippen molar-refractivity contribution in [3.63, 3.8) is 0 Å². The summed E-state index contributed by atoms with van der Waals surface area (Å²) in [6.07, 6.45) is 4.54. The minimum absolute atomic E-state index is 0.0740. The number of thiophene rings is 1. The molecule has 0 bridgehead atoms. The van der Waals surface area contributed by atoms with E-state index in [4.69, 9.17) is 4.74 Å². The molecule has 1 atom stereocenters. The van der Waals surface area contributed by atoms with Gasteiger partial charge in [-0.3, -0.25) is 9.78 Å². The highest BCUT2D eigenvalue weighted by molar-refractivity contribution is 7.19. The monoisotopic (exact) mass is 512 g/mol. The Labute approximate surface area is 219 Å². The summed E-state index contributed by atoms with van der Waals surface area (Å²) in [6.45, 7) is 9.00. The number of nitrogens with zero attached hydrogens (tertiary/aromatic N) is 5. The molecule has 0 amide bonds. The van der Waals surface area contributed by atoms with Gasteiger partial charge in [0.25, 0.3) is 5.56 Å². The maximum atomic E-state index is 12.4. The maximum Gasteiger partial charge on any atom is 0.267 e. The first-order valence-electron chi connectivity index (χ1n) is 12.5. The van der Waals surface area contributed by atoms with Crippen LogP contribution in [0.25, 0.3) is 21.3 Å². The van der Waals surface area contributed by atoms with E-state index < -0.39 is 0 Å². The van der Waals surface area contributed by atoms with E-state index in [1.807, 2.05) is 37.4 Å². The van der Waals surface area contributed by atoms with Crippen LogP contribution in [-0.2, 0) is 6.54 Å². The van der Waals surface area contributed by atoms with E-state index in [1.165, 1.54) is 4.68 Å². The quantitative estimate of drug-likeness (QED) is 0.440. The van der Waals surface area contributed by atoms with Crippen LogP contribution in [0.3, 0.4) is 0 Å². The summed E-state index contributed by atoms with van der Waals surface area (Å²) in [5.74, 6) is 0.752. The molecule has 1 aromatic carbocycles. The van der Waals surface area contributed by atoms with Crippen molar-refractivity contribution < 1.29 is 4.74 Å². The topological polar surface area (TPSA) is 96.1 Å². The molecule has 0 aliphatic carbocycles. The molecule has 1 unspecified atom stereocenters. The van der Waals surface area contributed by atoms with Gasteiger partial charge < -0.3 is 15.0 Å². The SMILES string of the molecule is Cc1cnn(Cc2cc3nccc(-c4cc(C#N)cc5c4N(C4CNC(C)(C)C4)CCO5)c3s2)c(=O)c1. The zero-order chi connectivity index (χ0) is 25.7. The molecule has 0 radical (unpaired) electrons. The molecule has 1 saturated heterocycles. The number of nitrogens with one attached hydrogen (secondary N) is 1. The fraction of sp³-hybridized carbons (Fsp3) is 0.357. The van der Waals surface area contributed by atoms with Gasteiger partial charge in [0.05, 0.1) is 46.8 Å². The summed E-state index contributed by atoms with van der Waals surface area (Å²) in [4.78, 5) is 20.5. The van der Waals surface area contributed by atoms with Crippen molar-refractivity contribution in [1.29, 1.82) is 5.26 Å². The van der Waals surface area contributed by atoms with Crippen molar-refractivity contribution in [1.82, 2.24) is 20.1 Å². The number of nitriles is 1. The second-order valence-corrected chi connectivity index (χ2v) is 11.6. The Morgan fingerprint density at radius 1 is 1.27 bits per heavy atom. The van der Waals surface area contributed by atoms with Gasteiger partial charge in [-0.2, -0.15) is 10.4 Å². The van der Waals surface area contributed by atoms with E-state index >= 15 is 0 Å². The van der Waals surface area contributed by atoms with Crippen LogP contribution in [0.2, 0.25) is 0 Å². The minimum Gasteiger partial charge on any atom is -0.489 e. The Bertz CT molecular complexity index is 1620. The van der Waals surface area contributed by atoms with Crippen LogP contribution >= 0.6 is 11.3 Å². The largest absolute Gasteiger partial charge is 0.489 e. The number of benzene rings is 1. The molecule has 188 valence electrons. The van der Waals surface area contributed by atoms with E-state index in [9.17, 15) is 10.1 Å². The first-order chi connectivity index (χ1) is 17.8. The molecule has 8 nitrogen and oxygen atoms in total. The number of ether oxygens (including phenoxy) is 1. The molecule has 4 aromatic rings. The summed E-state index contributed by atoms with van der Waals surface area (Å²) < 4.78 is 8.61. The van der Waals surface area contributed by atoms with Crippen molar-refractivity contribution in [3.8, 4) is 22.9 Å². The lowest BCUT2D eigenvalue weighted by Crippen LogP contribution is -2.42. The van der Waals surface area contributed by atoms with Gasteiger partial charge >= 0.3 is 0 Å². The number of hydrogen-bond acceptors (Lipinski definition) is 8. The molecule has 6 rings (SSSR count). The second-order valence-electron chi connectivity index (χ2n) is 10.5. The van der Waals surface area contributed by atoms with Crippen LogP contribution in [0.15, 0.2) is 47.5 Å². The molecule has 2 aliphatic rings. The average Bonchev–Trinajstić information content (AvgIpc) is 3.46. The van der Waals surface area contributed by atoms with E-state index in [2.05, 4.69) is 40.2 Å². The maximum absolute atomic E-state index is 12.4. The normalized spacial score (nSPS) is 18.4. The highest BCUT2D eigenvalue weighted by Gasteiger charge is 2.37. The number of pyridine rings is 1. The third-order valence-corrected chi connectivity index (χ3v) is 8.29. The van der Waals surface area contributed by atoms with Crippen molar-refractivity contribution in [2.24, 2.45) is 0 Å². The number of rotatable bonds is 4. The highest BCUT2D eigenvalue weighted by atomic mass is 32.1. The van der Waals surface area contributed by atoms with Gasteiger partial charge in [-0.05, 0) is 51.0 Å². The van der Waals surface area contributed by atoms with Crippen molar-refractivity contribution in [2.45, 2.75) is 45.3 Å².